The lowest BCUT2D eigenvalue weighted by molar-refractivity contribution is -0.146. The van der Waals surface area contributed by atoms with E-state index in [-0.39, 0.29) is 5.91 Å². The summed E-state index contributed by atoms with van der Waals surface area (Å²) in [4.78, 5) is 25.4. The maximum atomic E-state index is 12.0. The number of carbonyl (C=O) groups is 2. The Bertz CT molecular complexity index is 306. The second-order valence-corrected chi connectivity index (χ2v) is 4.94. The van der Waals surface area contributed by atoms with Crippen molar-refractivity contribution in [1.82, 2.24) is 10.2 Å². The van der Waals surface area contributed by atoms with Crippen molar-refractivity contribution in [3.05, 3.63) is 0 Å². The summed E-state index contributed by atoms with van der Waals surface area (Å²) in [5.74, 6) is -0.246. The number of fused-ring (bicyclic) bond motifs is 1. The molecule has 1 aliphatic heterocycles. The molecule has 2 unspecified atom stereocenters. The third-order valence-electron chi connectivity index (χ3n) is 3.90. The van der Waals surface area contributed by atoms with E-state index in [4.69, 9.17) is 5.73 Å². The Morgan fingerprint density at radius 2 is 2.00 bits per heavy atom. The lowest BCUT2D eigenvalue weighted by Crippen LogP contribution is -2.47. The normalized spacial score (nSPS) is 27.7. The van der Waals surface area contributed by atoms with Gasteiger partial charge in [0, 0.05) is 25.7 Å². The molecule has 0 spiro atoms. The first kappa shape index (κ1) is 12.4. The molecule has 2 rings (SSSR count). The van der Waals surface area contributed by atoms with Gasteiger partial charge in [-0.05, 0) is 25.2 Å². The fourth-order valence-electron chi connectivity index (χ4n) is 3.05. The number of likely N-dealkylation sites (tertiary alicyclic amines) is 1. The van der Waals surface area contributed by atoms with E-state index in [1.54, 1.807) is 4.90 Å². The minimum atomic E-state index is -0.498. The molecule has 1 saturated heterocycles. The van der Waals surface area contributed by atoms with Gasteiger partial charge >= 0.3 is 11.8 Å². The number of carbonyl (C=O) groups excluding carboxylic acids is 2. The third kappa shape index (κ3) is 2.60. The van der Waals surface area contributed by atoms with Crippen LogP contribution in [-0.4, -0.2) is 42.4 Å². The highest BCUT2D eigenvalue weighted by Crippen LogP contribution is 2.35. The molecule has 5 nitrogen and oxygen atoms in total. The molecule has 2 fully saturated rings. The molecule has 1 saturated carbocycles. The summed E-state index contributed by atoms with van der Waals surface area (Å²) in [5.41, 5.74) is 5.30. The van der Waals surface area contributed by atoms with Gasteiger partial charge in [0.05, 0.1) is 0 Å². The van der Waals surface area contributed by atoms with E-state index in [0.717, 1.165) is 19.4 Å². The Kier molecular flexibility index (Phi) is 3.99. The van der Waals surface area contributed by atoms with Gasteiger partial charge in [-0.3, -0.25) is 9.59 Å². The molecule has 5 heteroatoms. The van der Waals surface area contributed by atoms with Crippen LogP contribution in [0, 0.1) is 5.92 Å². The minimum Gasteiger partial charge on any atom is -0.347 e. The van der Waals surface area contributed by atoms with Gasteiger partial charge in [0.15, 0.2) is 0 Å². The van der Waals surface area contributed by atoms with Crippen molar-refractivity contribution in [1.29, 1.82) is 0 Å². The van der Waals surface area contributed by atoms with E-state index >= 15 is 0 Å². The standard InChI is InChI=1S/C12H21N3O2/c13-6-7-14-11(16)12(17)15-8-5-9-3-1-2-4-10(9)15/h9-10H,1-8,13H2,(H,14,16). The van der Waals surface area contributed by atoms with Crippen LogP contribution < -0.4 is 11.1 Å². The predicted octanol–water partition coefficient (Wildman–Crippen LogP) is -0.148. The second-order valence-electron chi connectivity index (χ2n) is 4.94. The second kappa shape index (κ2) is 5.49. The number of nitrogens with zero attached hydrogens (tertiary/aromatic N) is 1. The van der Waals surface area contributed by atoms with Crippen LogP contribution in [-0.2, 0) is 9.59 Å². The zero-order valence-electron chi connectivity index (χ0n) is 10.2. The quantitative estimate of drug-likeness (QED) is 0.658. The van der Waals surface area contributed by atoms with Gasteiger partial charge in [-0.15, -0.1) is 0 Å². The van der Waals surface area contributed by atoms with Crippen LogP contribution in [0.4, 0.5) is 0 Å². The highest BCUT2D eigenvalue weighted by atomic mass is 16.2. The van der Waals surface area contributed by atoms with Crippen molar-refractivity contribution in [3.8, 4) is 0 Å². The van der Waals surface area contributed by atoms with Gasteiger partial charge in [0.1, 0.15) is 0 Å². The summed E-state index contributed by atoms with van der Waals surface area (Å²) >= 11 is 0. The molecule has 1 heterocycles. The summed E-state index contributed by atoms with van der Waals surface area (Å²) in [5, 5.41) is 2.55. The SMILES string of the molecule is NCCNC(=O)C(=O)N1CCC2CCCCC21. The van der Waals surface area contributed by atoms with E-state index in [2.05, 4.69) is 5.32 Å². The van der Waals surface area contributed by atoms with Crippen LogP contribution in [0.2, 0.25) is 0 Å². The van der Waals surface area contributed by atoms with Gasteiger partial charge in [-0.2, -0.15) is 0 Å². The Labute approximate surface area is 102 Å². The molecular formula is C12H21N3O2. The van der Waals surface area contributed by atoms with E-state index in [1.807, 2.05) is 0 Å². The van der Waals surface area contributed by atoms with Crippen LogP contribution in [0.3, 0.4) is 0 Å². The Morgan fingerprint density at radius 3 is 2.76 bits per heavy atom. The van der Waals surface area contributed by atoms with Crippen LogP contribution in [0.1, 0.15) is 32.1 Å². The smallest absolute Gasteiger partial charge is 0.312 e. The largest absolute Gasteiger partial charge is 0.347 e. The number of hydrogen-bond donors (Lipinski definition) is 2. The molecule has 3 N–H and O–H groups in total. The fourth-order valence-corrected chi connectivity index (χ4v) is 3.05. The number of amides is 2. The molecule has 2 aliphatic rings. The molecule has 0 radical (unpaired) electrons. The van der Waals surface area contributed by atoms with Crippen molar-refractivity contribution >= 4 is 11.8 Å². The maximum absolute atomic E-state index is 12.0. The molecule has 0 aromatic heterocycles. The molecule has 96 valence electrons. The summed E-state index contributed by atoms with van der Waals surface area (Å²) < 4.78 is 0. The van der Waals surface area contributed by atoms with E-state index in [0.29, 0.717) is 25.0 Å². The lowest BCUT2D eigenvalue weighted by atomic mass is 9.85. The summed E-state index contributed by atoms with van der Waals surface area (Å²) in [7, 11) is 0. The number of nitrogens with one attached hydrogen (secondary N) is 1. The molecule has 2 atom stereocenters. The lowest BCUT2D eigenvalue weighted by Gasteiger charge is -2.31. The molecule has 0 aromatic rings. The predicted molar refractivity (Wildman–Crippen MR) is 64.1 cm³/mol. The molecule has 17 heavy (non-hydrogen) atoms. The van der Waals surface area contributed by atoms with Gasteiger partial charge < -0.3 is 16.0 Å². The Morgan fingerprint density at radius 1 is 1.24 bits per heavy atom. The van der Waals surface area contributed by atoms with Gasteiger partial charge in [0.2, 0.25) is 0 Å². The van der Waals surface area contributed by atoms with Crippen molar-refractivity contribution < 1.29 is 9.59 Å². The highest BCUT2D eigenvalue weighted by molar-refractivity contribution is 6.35. The first-order valence-corrected chi connectivity index (χ1v) is 6.53. The van der Waals surface area contributed by atoms with Crippen molar-refractivity contribution in [2.45, 2.75) is 38.1 Å². The van der Waals surface area contributed by atoms with Gasteiger partial charge in [-0.25, -0.2) is 0 Å². The van der Waals surface area contributed by atoms with Crippen molar-refractivity contribution in [2.75, 3.05) is 19.6 Å². The number of nitrogens with two attached hydrogens (primary N) is 1. The molecule has 0 aromatic carbocycles. The summed E-state index contributed by atoms with van der Waals surface area (Å²) in [6, 6.07) is 0.305. The van der Waals surface area contributed by atoms with Crippen LogP contribution >= 0.6 is 0 Å². The van der Waals surface area contributed by atoms with E-state index < -0.39 is 5.91 Å². The van der Waals surface area contributed by atoms with Crippen molar-refractivity contribution in [3.63, 3.8) is 0 Å². The topological polar surface area (TPSA) is 75.4 Å². The minimum absolute atomic E-state index is 0.305. The first-order chi connectivity index (χ1) is 8.24. The third-order valence-corrected chi connectivity index (χ3v) is 3.90. The van der Waals surface area contributed by atoms with Gasteiger partial charge in [-0.1, -0.05) is 12.8 Å². The zero-order chi connectivity index (χ0) is 12.3. The monoisotopic (exact) mass is 239 g/mol. The molecular weight excluding hydrogens is 218 g/mol. The van der Waals surface area contributed by atoms with Crippen LogP contribution in [0.15, 0.2) is 0 Å². The summed E-state index contributed by atoms with van der Waals surface area (Å²) in [6.07, 6.45) is 5.76. The average molecular weight is 239 g/mol. The van der Waals surface area contributed by atoms with Crippen LogP contribution in [0.5, 0.6) is 0 Å². The Hall–Kier alpha value is -1.10. The highest BCUT2D eigenvalue weighted by Gasteiger charge is 2.39. The van der Waals surface area contributed by atoms with Crippen LogP contribution in [0.25, 0.3) is 0 Å². The first-order valence-electron chi connectivity index (χ1n) is 6.53. The van der Waals surface area contributed by atoms with E-state index in [9.17, 15) is 9.59 Å². The van der Waals surface area contributed by atoms with E-state index in [1.165, 1.54) is 19.3 Å². The number of rotatable bonds is 2. The average Bonchev–Trinajstić information content (AvgIpc) is 2.78. The molecule has 0 bridgehead atoms. The maximum Gasteiger partial charge on any atom is 0.312 e. The number of hydrogen-bond acceptors (Lipinski definition) is 3. The summed E-state index contributed by atoms with van der Waals surface area (Å²) in [6.45, 7) is 1.47. The fraction of sp³-hybridized carbons (Fsp3) is 0.833. The molecule has 2 amide bonds. The zero-order valence-corrected chi connectivity index (χ0v) is 10.2. The Balaban J connectivity index is 1.93. The molecule has 1 aliphatic carbocycles. The van der Waals surface area contributed by atoms with Crippen molar-refractivity contribution in [2.24, 2.45) is 11.7 Å². The van der Waals surface area contributed by atoms with Gasteiger partial charge in [0.25, 0.3) is 0 Å².